The van der Waals surface area contributed by atoms with Crippen LogP contribution in [0, 0.1) is 5.82 Å². The highest BCUT2D eigenvalue weighted by Crippen LogP contribution is 2.33. The third kappa shape index (κ3) is 5.39. The molecule has 3 N–H and O–H groups in total. The lowest BCUT2D eigenvalue weighted by atomic mass is 10.1. The lowest BCUT2D eigenvalue weighted by molar-refractivity contribution is -0.137. The van der Waals surface area contributed by atoms with Crippen molar-refractivity contribution in [2.75, 3.05) is 17.2 Å². The summed E-state index contributed by atoms with van der Waals surface area (Å²) >= 11 is 0. The average molecular weight is 539 g/mol. The summed E-state index contributed by atoms with van der Waals surface area (Å²) in [6, 6.07) is 6.90. The normalized spacial score (nSPS) is 12.9. The first-order valence-electron chi connectivity index (χ1n) is 11.2. The second kappa shape index (κ2) is 9.89. The number of H-pyrrole nitrogens is 1. The number of anilines is 2. The summed E-state index contributed by atoms with van der Waals surface area (Å²) < 4.78 is 61.7. The van der Waals surface area contributed by atoms with Crippen molar-refractivity contribution in [3.63, 3.8) is 0 Å². The van der Waals surface area contributed by atoms with E-state index in [1.165, 1.54) is 29.2 Å². The quantitative estimate of drug-likeness (QED) is 0.336. The molecule has 2 aromatic carbocycles. The Morgan fingerprint density at radius 2 is 1.92 bits per heavy atom. The van der Waals surface area contributed by atoms with Gasteiger partial charge in [-0.15, -0.1) is 0 Å². The maximum absolute atomic E-state index is 14.9. The number of alkyl halides is 3. The highest BCUT2D eigenvalue weighted by molar-refractivity contribution is 6.01. The molecule has 0 radical (unpaired) electrons. The maximum Gasteiger partial charge on any atom is 0.416 e. The molecule has 5 rings (SSSR count). The Kier molecular flexibility index (Phi) is 6.44. The van der Waals surface area contributed by atoms with Crippen molar-refractivity contribution < 1.29 is 27.1 Å². The van der Waals surface area contributed by atoms with E-state index in [-0.39, 0.29) is 46.0 Å². The van der Waals surface area contributed by atoms with Crippen LogP contribution in [0.5, 0.6) is 5.75 Å². The van der Waals surface area contributed by atoms with Crippen LogP contribution in [0.4, 0.5) is 33.7 Å². The molecule has 0 saturated carbocycles. The van der Waals surface area contributed by atoms with Crippen LogP contribution >= 0.6 is 0 Å². The first-order chi connectivity index (χ1) is 18.6. The highest BCUT2D eigenvalue weighted by atomic mass is 19.4. The zero-order chi connectivity index (χ0) is 27.7. The van der Waals surface area contributed by atoms with E-state index in [9.17, 15) is 27.2 Å². The Balaban J connectivity index is 1.37. The minimum atomic E-state index is -4.65. The summed E-state index contributed by atoms with van der Waals surface area (Å²) in [7, 11) is 0. The van der Waals surface area contributed by atoms with E-state index >= 15 is 0 Å². The molecular weight excluding hydrogens is 522 g/mol. The number of aromatic amines is 1. The molecule has 4 aromatic rings. The number of nitrogens with one attached hydrogen (secondary N) is 3. The fourth-order valence-electron chi connectivity index (χ4n) is 3.69. The van der Waals surface area contributed by atoms with Crippen LogP contribution in [0.25, 0.3) is 11.4 Å². The fourth-order valence-corrected chi connectivity index (χ4v) is 3.69. The number of nitrogens with zero attached hydrogens (tertiary/aromatic N) is 4. The molecule has 0 atom stereocenters. The van der Waals surface area contributed by atoms with Gasteiger partial charge in [0.25, 0.3) is 5.56 Å². The molecule has 10 nitrogen and oxygen atoms in total. The molecule has 0 aliphatic carbocycles. The summed E-state index contributed by atoms with van der Waals surface area (Å²) in [6.45, 7) is 3.98. The molecule has 0 spiro atoms. The highest BCUT2D eigenvalue weighted by Gasteiger charge is 2.31. The van der Waals surface area contributed by atoms with E-state index in [0.29, 0.717) is 5.57 Å². The van der Waals surface area contributed by atoms with Crippen molar-refractivity contribution in [1.82, 2.24) is 19.7 Å². The molecule has 0 unspecified atom stereocenters. The van der Waals surface area contributed by atoms with Crippen LogP contribution in [-0.4, -0.2) is 32.3 Å². The van der Waals surface area contributed by atoms with Gasteiger partial charge in [0, 0.05) is 24.0 Å². The molecular formula is C25H17F4N7O3. The van der Waals surface area contributed by atoms with Gasteiger partial charge in [-0.05, 0) is 36.4 Å². The lowest BCUT2D eigenvalue weighted by Crippen LogP contribution is -2.42. The number of hydrogen-bond acceptors (Lipinski definition) is 6. The molecule has 14 heteroatoms. The van der Waals surface area contributed by atoms with Crippen LogP contribution in [0.3, 0.4) is 0 Å². The van der Waals surface area contributed by atoms with Gasteiger partial charge in [0.2, 0.25) is 0 Å². The standard InChI is InChI=1S/C25H17F4N7O3/c1-13-11-31-23-21(30-12-20(37)35-23)22(13)39-15-4-5-17(16(26)10-15)33-24(38)34-18-9-14(25(27,28)29)3-6-19(18)36-8-2-7-32-36/h2-10,12H,1,11H2,(H,31,35,37)(H2,33,34,38). The number of amides is 2. The van der Waals surface area contributed by atoms with Gasteiger partial charge in [0.05, 0.1) is 35.4 Å². The number of fused-ring (bicyclic) bond motifs is 1. The summed E-state index contributed by atoms with van der Waals surface area (Å²) in [4.78, 5) is 34.8. The third-order valence-corrected chi connectivity index (χ3v) is 5.47. The Labute approximate surface area is 216 Å². The van der Waals surface area contributed by atoms with Gasteiger partial charge in [0.15, 0.2) is 11.2 Å². The topological polar surface area (TPSA) is 126 Å². The van der Waals surface area contributed by atoms with Gasteiger partial charge in [0.1, 0.15) is 16.9 Å². The zero-order valence-electron chi connectivity index (χ0n) is 19.7. The number of benzene rings is 2. The molecule has 2 aromatic heterocycles. The van der Waals surface area contributed by atoms with Crippen molar-refractivity contribution in [3.05, 3.63) is 106 Å². The van der Waals surface area contributed by atoms with E-state index in [1.54, 1.807) is 6.07 Å². The average Bonchev–Trinajstić information content (AvgIpc) is 3.41. The largest absolute Gasteiger partial charge is 0.454 e. The van der Waals surface area contributed by atoms with Gasteiger partial charge >= 0.3 is 12.2 Å². The van der Waals surface area contributed by atoms with Gasteiger partial charge in [-0.3, -0.25) is 9.79 Å². The first-order valence-corrected chi connectivity index (χ1v) is 11.2. The fraction of sp³-hybridized carbons (Fsp3) is 0.0800. The van der Waals surface area contributed by atoms with Crippen molar-refractivity contribution >= 4 is 23.2 Å². The number of carbonyl (C=O) groups excluding carboxylic acids is 1. The molecule has 198 valence electrons. The van der Waals surface area contributed by atoms with Gasteiger partial charge < -0.3 is 20.4 Å². The van der Waals surface area contributed by atoms with E-state index < -0.39 is 29.1 Å². The number of aromatic nitrogens is 4. The number of rotatable bonds is 5. The van der Waals surface area contributed by atoms with Crippen molar-refractivity contribution in [2.24, 2.45) is 4.99 Å². The van der Waals surface area contributed by atoms with Crippen molar-refractivity contribution in [2.45, 2.75) is 6.18 Å². The predicted octanol–water partition coefficient (Wildman–Crippen LogP) is 3.13. The van der Waals surface area contributed by atoms with E-state index in [0.717, 1.165) is 30.5 Å². The molecule has 0 fully saturated rings. The molecule has 3 heterocycles. The second-order valence-electron chi connectivity index (χ2n) is 8.20. The minimum absolute atomic E-state index is 0.0364. The SMILES string of the molecule is C=C1CN=c2[nH]c(=O)cnc2=C1Oc1ccc(NC(=O)Nc2cc(C(F)(F)F)ccc2-n2cccn2)c(F)c1. The molecule has 0 bridgehead atoms. The van der Waals surface area contributed by atoms with Crippen LogP contribution in [0.15, 0.2) is 83.0 Å². The summed E-state index contributed by atoms with van der Waals surface area (Å²) in [5, 5.41) is 8.79. The van der Waals surface area contributed by atoms with Crippen LogP contribution in [0.1, 0.15) is 5.56 Å². The number of hydrogen-bond donors (Lipinski definition) is 3. The van der Waals surface area contributed by atoms with Crippen LogP contribution in [-0.2, 0) is 6.18 Å². The summed E-state index contributed by atoms with van der Waals surface area (Å²) in [5.74, 6) is -0.667. The molecule has 2 amide bonds. The lowest BCUT2D eigenvalue weighted by Gasteiger charge is -2.16. The van der Waals surface area contributed by atoms with Gasteiger partial charge in [-0.25, -0.2) is 18.9 Å². The maximum atomic E-state index is 14.9. The Bertz CT molecular complexity index is 1780. The molecule has 0 saturated heterocycles. The van der Waals surface area contributed by atoms with Crippen LogP contribution < -0.4 is 31.8 Å². The van der Waals surface area contributed by atoms with E-state index in [1.807, 2.05) is 0 Å². The van der Waals surface area contributed by atoms with Gasteiger partial charge in [-0.1, -0.05) is 6.58 Å². The second-order valence-corrected chi connectivity index (χ2v) is 8.20. The summed E-state index contributed by atoms with van der Waals surface area (Å²) in [6.07, 6.45) is -0.698. The molecule has 39 heavy (non-hydrogen) atoms. The van der Waals surface area contributed by atoms with E-state index in [2.05, 4.69) is 37.3 Å². The zero-order valence-corrected chi connectivity index (χ0v) is 19.7. The molecule has 1 aliphatic rings. The number of ether oxygens (including phenoxy) is 1. The summed E-state index contributed by atoms with van der Waals surface area (Å²) in [5.41, 5.74) is -1.10. The van der Waals surface area contributed by atoms with Crippen molar-refractivity contribution in [1.29, 1.82) is 0 Å². The minimum Gasteiger partial charge on any atom is -0.454 e. The van der Waals surface area contributed by atoms with E-state index in [4.69, 9.17) is 4.74 Å². The van der Waals surface area contributed by atoms with Crippen molar-refractivity contribution in [3.8, 4) is 11.4 Å². The number of carbonyl (C=O) groups is 1. The Morgan fingerprint density at radius 1 is 1.13 bits per heavy atom. The van der Waals surface area contributed by atoms with Gasteiger partial charge in [-0.2, -0.15) is 18.3 Å². The molecule has 1 aliphatic heterocycles. The number of halogens is 4. The predicted molar refractivity (Wildman–Crippen MR) is 131 cm³/mol. The Morgan fingerprint density at radius 3 is 2.64 bits per heavy atom. The Hall–Kier alpha value is -5.27. The first kappa shape index (κ1) is 25.4. The monoisotopic (exact) mass is 539 g/mol. The smallest absolute Gasteiger partial charge is 0.416 e. The van der Waals surface area contributed by atoms with Crippen LogP contribution in [0.2, 0.25) is 0 Å². The number of urea groups is 1. The third-order valence-electron chi connectivity index (χ3n) is 5.47.